The van der Waals surface area contributed by atoms with Crippen molar-refractivity contribution in [2.45, 2.75) is 6.92 Å². The largest absolute Gasteiger partial charge is 0.351 e. The molecule has 5 N–H and O–H groups in total. The lowest BCUT2D eigenvalue weighted by Crippen LogP contribution is -2.19. The fourth-order valence-corrected chi connectivity index (χ4v) is 2.34. The number of nitrogens with two attached hydrogens (primary N) is 1. The topological polar surface area (TPSA) is 100 Å². The average Bonchev–Trinajstić information content (AvgIpc) is 2.92. The van der Waals surface area contributed by atoms with Gasteiger partial charge in [-0.3, -0.25) is 4.79 Å². The summed E-state index contributed by atoms with van der Waals surface area (Å²) in [7, 11) is 0. The van der Waals surface area contributed by atoms with Gasteiger partial charge in [0.15, 0.2) is 0 Å². The van der Waals surface area contributed by atoms with Crippen molar-refractivity contribution in [1.29, 1.82) is 0 Å². The SMILES string of the molecule is Cc1ccc2cc(C(=O)Nc3ccc(NC(N)=O)cc3)[nH]c2c1. The molecule has 6 nitrogen and oxygen atoms in total. The Morgan fingerprint density at radius 3 is 2.26 bits per heavy atom. The molecule has 0 atom stereocenters. The van der Waals surface area contributed by atoms with Crippen LogP contribution in [-0.4, -0.2) is 16.9 Å². The number of benzene rings is 2. The van der Waals surface area contributed by atoms with Gasteiger partial charge in [-0.2, -0.15) is 0 Å². The molecule has 0 saturated carbocycles. The van der Waals surface area contributed by atoms with Crippen LogP contribution in [0.1, 0.15) is 16.1 Å². The zero-order chi connectivity index (χ0) is 16.4. The van der Waals surface area contributed by atoms with Crippen LogP contribution < -0.4 is 16.4 Å². The molecule has 3 aromatic rings. The number of rotatable bonds is 3. The van der Waals surface area contributed by atoms with E-state index in [9.17, 15) is 9.59 Å². The molecule has 1 aromatic heterocycles. The van der Waals surface area contributed by atoms with Gasteiger partial charge in [-0.05, 0) is 48.9 Å². The summed E-state index contributed by atoms with van der Waals surface area (Å²) in [6, 6.07) is 13.9. The van der Waals surface area contributed by atoms with Gasteiger partial charge in [-0.1, -0.05) is 12.1 Å². The second kappa shape index (κ2) is 5.84. The minimum Gasteiger partial charge on any atom is -0.351 e. The lowest BCUT2D eigenvalue weighted by molar-refractivity contribution is 0.102. The van der Waals surface area contributed by atoms with Gasteiger partial charge >= 0.3 is 6.03 Å². The van der Waals surface area contributed by atoms with Crippen LogP contribution in [0.15, 0.2) is 48.5 Å². The minimum absolute atomic E-state index is 0.227. The van der Waals surface area contributed by atoms with E-state index in [2.05, 4.69) is 15.6 Å². The predicted molar refractivity (Wildman–Crippen MR) is 90.6 cm³/mol. The Balaban J connectivity index is 1.76. The molecule has 0 saturated heterocycles. The Morgan fingerprint density at radius 2 is 1.61 bits per heavy atom. The molecule has 3 rings (SSSR count). The molecule has 0 bridgehead atoms. The highest BCUT2D eigenvalue weighted by Crippen LogP contribution is 2.19. The molecule has 3 amide bonds. The van der Waals surface area contributed by atoms with Crippen molar-refractivity contribution < 1.29 is 9.59 Å². The van der Waals surface area contributed by atoms with Gasteiger partial charge in [0.25, 0.3) is 5.91 Å². The van der Waals surface area contributed by atoms with E-state index in [-0.39, 0.29) is 5.91 Å². The number of fused-ring (bicyclic) bond motifs is 1. The summed E-state index contributed by atoms with van der Waals surface area (Å²) in [5, 5.41) is 6.25. The van der Waals surface area contributed by atoms with E-state index >= 15 is 0 Å². The number of hydrogen-bond acceptors (Lipinski definition) is 2. The summed E-state index contributed by atoms with van der Waals surface area (Å²) < 4.78 is 0. The smallest absolute Gasteiger partial charge is 0.316 e. The van der Waals surface area contributed by atoms with E-state index in [1.807, 2.05) is 31.2 Å². The van der Waals surface area contributed by atoms with Crippen LogP contribution in [0.4, 0.5) is 16.2 Å². The van der Waals surface area contributed by atoms with Gasteiger partial charge in [0, 0.05) is 22.3 Å². The summed E-state index contributed by atoms with van der Waals surface area (Å²) in [5.74, 6) is -0.227. The van der Waals surface area contributed by atoms with Crippen LogP contribution in [-0.2, 0) is 0 Å². The van der Waals surface area contributed by atoms with Gasteiger partial charge < -0.3 is 21.4 Å². The second-order valence-electron chi connectivity index (χ2n) is 5.29. The average molecular weight is 308 g/mol. The fraction of sp³-hybridized carbons (Fsp3) is 0.0588. The molecule has 0 fully saturated rings. The molecule has 0 aliphatic carbocycles. The fourth-order valence-electron chi connectivity index (χ4n) is 2.34. The summed E-state index contributed by atoms with van der Waals surface area (Å²) in [4.78, 5) is 26.2. The molecule has 1 heterocycles. The number of carbonyl (C=O) groups excluding carboxylic acids is 2. The molecular formula is C17H16N4O2. The maximum absolute atomic E-state index is 12.3. The number of hydrogen-bond donors (Lipinski definition) is 4. The third-order valence-corrected chi connectivity index (χ3v) is 3.43. The quantitative estimate of drug-likeness (QED) is 0.597. The first-order valence-electron chi connectivity index (χ1n) is 7.08. The number of anilines is 2. The number of aromatic nitrogens is 1. The first-order chi connectivity index (χ1) is 11.0. The summed E-state index contributed by atoms with van der Waals surface area (Å²) in [6.07, 6.45) is 0. The van der Waals surface area contributed by atoms with Crippen molar-refractivity contribution in [3.8, 4) is 0 Å². The number of urea groups is 1. The summed E-state index contributed by atoms with van der Waals surface area (Å²) >= 11 is 0. The summed E-state index contributed by atoms with van der Waals surface area (Å²) in [5.41, 5.74) is 8.78. The highest BCUT2D eigenvalue weighted by molar-refractivity contribution is 6.06. The lowest BCUT2D eigenvalue weighted by Gasteiger charge is -2.05. The third-order valence-electron chi connectivity index (χ3n) is 3.43. The zero-order valence-corrected chi connectivity index (χ0v) is 12.5. The Kier molecular flexibility index (Phi) is 3.72. The van der Waals surface area contributed by atoms with Gasteiger partial charge in [-0.15, -0.1) is 0 Å². The molecule has 23 heavy (non-hydrogen) atoms. The third kappa shape index (κ3) is 3.32. The van der Waals surface area contributed by atoms with Gasteiger partial charge in [-0.25, -0.2) is 4.79 Å². The van der Waals surface area contributed by atoms with Crippen molar-refractivity contribution in [2.75, 3.05) is 10.6 Å². The number of aromatic amines is 1. The van der Waals surface area contributed by atoms with Crippen LogP contribution in [0.25, 0.3) is 10.9 Å². The van der Waals surface area contributed by atoms with Crippen molar-refractivity contribution in [3.05, 3.63) is 59.8 Å². The standard InChI is InChI=1S/C17H16N4O2/c1-10-2-3-11-9-15(21-14(11)8-10)16(22)19-12-4-6-13(7-5-12)20-17(18)23/h2-9,21H,1H3,(H,19,22)(H3,18,20,23). The number of H-pyrrole nitrogens is 1. The van der Waals surface area contributed by atoms with Gasteiger partial charge in [0.05, 0.1) is 0 Å². The predicted octanol–water partition coefficient (Wildman–Crippen LogP) is 3.22. The van der Waals surface area contributed by atoms with Gasteiger partial charge in [0.1, 0.15) is 5.69 Å². The Labute approximate surface area is 132 Å². The van der Waals surface area contributed by atoms with Crippen molar-refractivity contribution in [2.24, 2.45) is 5.73 Å². The monoisotopic (exact) mass is 308 g/mol. The van der Waals surface area contributed by atoms with Crippen LogP contribution in [0.5, 0.6) is 0 Å². The Morgan fingerprint density at radius 1 is 0.957 bits per heavy atom. The van der Waals surface area contributed by atoms with E-state index < -0.39 is 6.03 Å². The molecular weight excluding hydrogens is 292 g/mol. The Bertz CT molecular complexity index is 881. The highest BCUT2D eigenvalue weighted by Gasteiger charge is 2.10. The maximum atomic E-state index is 12.3. The molecule has 6 heteroatoms. The van der Waals surface area contributed by atoms with E-state index in [4.69, 9.17) is 5.73 Å². The molecule has 0 aliphatic rings. The van der Waals surface area contributed by atoms with Crippen molar-refractivity contribution in [3.63, 3.8) is 0 Å². The van der Waals surface area contributed by atoms with Crippen molar-refractivity contribution >= 4 is 34.2 Å². The molecule has 116 valence electrons. The normalized spacial score (nSPS) is 10.5. The van der Waals surface area contributed by atoms with E-state index in [0.29, 0.717) is 17.1 Å². The lowest BCUT2D eigenvalue weighted by atomic mass is 10.2. The first kappa shape index (κ1) is 14.6. The molecule has 0 unspecified atom stereocenters. The number of nitrogens with one attached hydrogen (secondary N) is 3. The molecule has 0 radical (unpaired) electrons. The number of carbonyl (C=O) groups is 2. The van der Waals surface area contributed by atoms with E-state index in [0.717, 1.165) is 16.5 Å². The van der Waals surface area contributed by atoms with E-state index in [1.54, 1.807) is 24.3 Å². The number of primary amides is 1. The van der Waals surface area contributed by atoms with Gasteiger partial charge in [0.2, 0.25) is 0 Å². The molecule has 0 spiro atoms. The van der Waals surface area contributed by atoms with Crippen LogP contribution in [0.3, 0.4) is 0 Å². The van der Waals surface area contributed by atoms with Crippen LogP contribution in [0.2, 0.25) is 0 Å². The molecule has 2 aromatic carbocycles. The summed E-state index contributed by atoms with van der Waals surface area (Å²) in [6.45, 7) is 2.00. The minimum atomic E-state index is -0.629. The maximum Gasteiger partial charge on any atom is 0.316 e. The Hall–Kier alpha value is -3.28. The van der Waals surface area contributed by atoms with Crippen LogP contribution in [0, 0.1) is 6.92 Å². The first-order valence-corrected chi connectivity index (χ1v) is 7.08. The highest BCUT2D eigenvalue weighted by atomic mass is 16.2. The molecule has 0 aliphatic heterocycles. The van der Waals surface area contributed by atoms with E-state index in [1.165, 1.54) is 0 Å². The number of aryl methyl sites for hydroxylation is 1. The number of amides is 3. The second-order valence-corrected chi connectivity index (χ2v) is 5.29. The van der Waals surface area contributed by atoms with Crippen molar-refractivity contribution in [1.82, 2.24) is 4.98 Å². The zero-order valence-electron chi connectivity index (χ0n) is 12.5. The van der Waals surface area contributed by atoms with Crippen LogP contribution >= 0.6 is 0 Å².